The Labute approximate surface area is 201 Å². The van der Waals surface area contributed by atoms with Crippen molar-refractivity contribution in [2.75, 3.05) is 0 Å². The molecule has 3 aromatic carbocycles. The van der Waals surface area contributed by atoms with Gasteiger partial charge in [-0.2, -0.15) is 4.99 Å². The van der Waals surface area contributed by atoms with E-state index in [1.165, 1.54) is 4.88 Å². The molecule has 1 heterocycles. The van der Waals surface area contributed by atoms with Crippen LogP contribution >= 0.6 is 27.3 Å². The number of hydrogen-bond acceptors (Lipinski definition) is 2. The molecule has 0 saturated heterocycles. The summed E-state index contributed by atoms with van der Waals surface area (Å²) < 4.78 is 3.21. The van der Waals surface area contributed by atoms with E-state index in [0.717, 1.165) is 44.6 Å². The van der Waals surface area contributed by atoms with E-state index in [1.807, 2.05) is 60.7 Å². The van der Waals surface area contributed by atoms with E-state index in [4.69, 9.17) is 0 Å². The molecule has 0 spiro atoms. The smallest absolute Gasteiger partial charge is 0.260 e. The molecule has 5 heteroatoms. The van der Waals surface area contributed by atoms with Gasteiger partial charge in [-0.15, -0.1) is 11.3 Å². The molecule has 4 rings (SSSR count). The summed E-state index contributed by atoms with van der Waals surface area (Å²) in [6, 6.07) is 28.1. The number of thiazole rings is 1. The molecule has 0 atom stereocenters. The van der Waals surface area contributed by atoms with Crippen LogP contribution in [0, 0.1) is 0 Å². The van der Waals surface area contributed by atoms with Gasteiger partial charge in [-0.3, -0.25) is 4.79 Å². The maximum absolute atomic E-state index is 13.6. The zero-order valence-corrected chi connectivity index (χ0v) is 20.6. The van der Waals surface area contributed by atoms with Gasteiger partial charge in [-0.05, 0) is 42.2 Å². The highest BCUT2D eigenvalue weighted by atomic mass is 79.9. The molecule has 0 unspecified atom stereocenters. The first-order valence-electron chi connectivity index (χ1n) is 10.8. The largest absolute Gasteiger partial charge is 0.316 e. The lowest BCUT2D eigenvalue weighted by Gasteiger charge is -2.14. The highest BCUT2D eigenvalue weighted by Crippen LogP contribution is 2.29. The summed E-state index contributed by atoms with van der Waals surface area (Å²) in [6.07, 6.45) is 0.889. The lowest BCUT2D eigenvalue weighted by atomic mass is 9.91. The second kappa shape index (κ2) is 10.2. The number of carbonyl (C=O) groups is 1. The van der Waals surface area contributed by atoms with E-state index in [0.29, 0.717) is 0 Å². The van der Waals surface area contributed by atoms with Gasteiger partial charge >= 0.3 is 0 Å². The molecule has 0 aliphatic heterocycles. The summed E-state index contributed by atoms with van der Waals surface area (Å²) >= 11 is 5.13. The second-order valence-corrected chi connectivity index (χ2v) is 9.44. The van der Waals surface area contributed by atoms with Crippen LogP contribution in [-0.4, -0.2) is 10.5 Å². The van der Waals surface area contributed by atoms with Crippen LogP contribution in [0.3, 0.4) is 0 Å². The number of aromatic nitrogens is 1. The number of halogens is 1. The minimum absolute atomic E-state index is 0.143. The summed E-state index contributed by atoms with van der Waals surface area (Å²) in [5, 5.41) is 0. The number of benzene rings is 3. The zero-order chi connectivity index (χ0) is 22.5. The summed E-state index contributed by atoms with van der Waals surface area (Å²) in [5.74, 6) is -0.568. The van der Waals surface area contributed by atoms with Crippen molar-refractivity contribution in [1.82, 2.24) is 4.57 Å². The first-order chi connectivity index (χ1) is 15.6. The Morgan fingerprint density at radius 1 is 0.906 bits per heavy atom. The minimum atomic E-state index is -0.425. The summed E-state index contributed by atoms with van der Waals surface area (Å²) in [4.78, 5) is 20.3. The average molecular weight is 505 g/mol. The van der Waals surface area contributed by atoms with E-state index in [2.05, 4.69) is 63.6 Å². The fraction of sp³-hybridized carbons (Fsp3) is 0.185. The Morgan fingerprint density at radius 3 is 1.97 bits per heavy atom. The van der Waals surface area contributed by atoms with Crippen LogP contribution < -0.4 is 4.80 Å². The third kappa shape index (κ3) is 4.69. The van der Waals surface area contributed by atoms with Crippen LogP contribution in [0.15, 0.2) is 94.4 Å². The first-order valence-corrected chi connectivity index (χ1v) is 12.4. The lowest BCUT2D eigenvalue weighted by Crippen LogP contribution is -2.20. The topological polar surface area (TPSA) is 34.4 Å². The van der Waals surface area contributed by atoms with Crippen molar-refractivity contribution < 1.29 is 4.79 Å². The third-order valence-corrected chi connectivity index (χ3v) is 7.20. The number of hydrogen-bond donors (Lipinski definition) is 0. The molecule has 0 radical (unpaired) electrons. The summed E-state index contributed by atoms with van der Waals surface area (Å²) in [5.41, 5.74) is 4.20. The molecule has 0 saturated carbocycles. The fourth-order valence-electron chi connectivity index (χ4n) is 3.93. The van der Waals surface area contributed by atoms with Gasteiger partial charge in [0.05, 0.1) is 11.6 Å². The molecule has 0 aliphatic carbocycles. The Kier molecular flexibility index (Phi) is 7.18. The van der Waals surface area contributed by atoms with Crippen LogP contribution in [0.2, 0.25) is 0 Å². The normalized spacial score (nSPS) is 11.8. The van der Waals surface area contributed by atoms with E-state index < -0.39 is 5.92 Å². The molecule has 0 fully saturated rings. The summed E-state index contributed by atoms with van der Waals surface area (Å²) in [7, 11) is 0. The number of carbonyl (C=O) groups excluding carboxylic acids is 1. The molecule has 0 aliphatic rings. The molecular formula is C27H25BrN2OS. The van der Waals surface area contributed by atoms with Crippen LogP contribution in [0.5, 0.6) is 0 Å². The Morgan fingerprint density at radius 2 is 1.47 bits per heavy atom. The number of nitrogens with zero attached hydrogens (tertiary/aromatic N) is 2. The van der Waals surface area contributed by atoms with Crippen LogP contribution in [0.4, 0.5) is 0 Å². The van der Waals surface area contributed by atoms with Gasteiger partial charge in [-0.25, -0.2) is 0 Å². The second-order valence-electron chi connectivity index (χ2n) is 7.47. The minimum Gasteiger partial charge on any atom is -0.316 e. The molecule has 32 heavy (non-hydrogen) atoms. The standard InChI is InChI=1S/C27H25BrN2OS/c1-3-23-25(21-15-17-22(28)18-16-21)30(4-2)27(32-23)29-26(31)24(19-11-7-5-8-12-19)20-13-9-6-10-14-20/h5-18,24H,3-4H2,1-2H3. The van der Waals surface area contributed by atoms with Crippen LogP contribution in [0.25, 0.3) is 11.3 Å². The van der Waals surface area contributed by atoms with E-state index in [-0.39, 0.29) is 5.91 Å². The van der Waals surface area contributed by atoms with Crippen molar-refractivity contribution in [2.24, 2.45) is 4.99 Å². The summed E-state index contributed by atoms with van der Waals surface area (Å²) in [6.45, 7) is 5.00. The van der Waals surface area contributed by atoms with Gasteiger partial charge in [0.25, 0.3) is 5.91 Å². The molecular weight excluding hydrogens is 480 g/mol. The maximum Gasteiger partial charge on any atom is 0.260 e. The Bertz CT molecular complexity index is 1220. The van der Waals surface area contributed by atoms with Gasteiger partial charge in [0, 0.05) is 15.9 Å². The number of amides is 1. The van der Waals surface area contributed by atoms with Crippen molar-refractivity contribution in [3.05, 3.63) is 110 Å². The molecule has 162 valence electrons. The quantitative estimate of drug-likeness (QED) is 0.283. The molecule has 1 aromatic heterocycles. The van der Waals surface area contributed by atoms with Gasteiger partial charge < -0.3 is 4.57 Å². The van der Waals surface area contributed by atoms with Crippen molar-refractivity contribution in [3.63, 3.8) is 0 Å². The van der Waals surface area contributed by atoms with E-state index >= 15 is 0 Å². The van der Waals surface area contributed by atoms with Crippen molar-refractivity contribution >= 4 is 33.2 Å². The SMILES string of the molecule is CCc1sc(=NC(=O)C(c2ccccc2)c2ccccc2)n(CC)c1-c1ccc(Br)cc1. The molecule has 1 amide bonds. The van der Waals surface area contributed by atoms with Gasteiger partial charge in [0.15, 0.2) is 4.80 Å². The number of rotatable bonds is 6. The molecule has 0 N–H and O–H groups in total. The predicted octanol–water partition coefficient (Wildman–Crippen LogP) is 6.82. The van der Waals surface area contributed by atoms with Crippen LogP contribution in [-0.2, 0) is 17.8 Å². The Balaban J connectivity index is 1.85. The van der Waals surface area contributed by atoms with Crippen molar-refractivity contribution in [1.29, 1.82) is 0 Å². The van der Waals surface area contributed by atoms with Crippen LogP contribution in [0.1, 0.15) is 35.8 Å². The van der Waals surface area contributed by atoms with Crippen molar-refractivity contribution in [3.8, 4) is 11.3 Å². The number of aryl methyl sites for hydroxylation is 1. The van der Waals surface area contributed by atoms with Crippen molar-refractivity contribution in [2.45, 2.75) is 32.7 Å². The van der Waals surface area contributed by atoms with Gasteiger partial charge in [0.1, 0.15) is 0 Å². The monoisotopic (exact) mass is 504 g/mol. The van der Waals surface area contributed by atoms with Gasteiger partial charge in [0.2, 0.25) is 0 Å². The molecule has 0 bridgehead atoms. The maximum atomic E-state index is 13.6. The van der Waals surface area contributed by atoms with E-state index in [9.17, 15) is 4.79 Å². The predicted molar refractivity (Wildman–Crippen MR) is 136 cm³/mol. The molecule has 3 nitrogen and oxygen atoms in total. The average Bonchev–Trinajstić information content (AvgIpc) is 3.18. The highest BCUT2D eigenvalue weighted by Gasteiger charge is 2.23. The van der Waals surface area contributed by atoms with E-state index in [1.54, 1.807) is 11.3 Å². The third-order valence-electron chi connectivity index (χ3n) is 5.45. The lowest BCUT2D eigenvalue weighted by molar-refractivity contribution is -0.118. The fourth-order valence-corrected chi connectivity index (χ4v) is 5.35. The zero-order valence-electron chi connectivity index (χ0n) is 18.2. The molecule has 4 aromatic rings. The Hall–Kier alpha value is -2.76. The van der Waals surface area contributed by atoms with Gasteiger partial charge in [-0.1, -0.05) is 95.7 Å². The highest BCUT2D eigenvalue weighted by molar-refractivity contribution is 9.10. The first kappa shape index (κ1) is 22.4.